The van der Waals surface area contributed by atoms with Crippen molar-refractivity contribution in [3.05, 3.63) is 68.6 Å². The Labute approximate surface area is 119 Å². The van der Waals surface area contributed by atoms with E-state index in [0.29, 0.717) is 5.92 Å². The predicted molar refractivity (Wildman–Crippen MR) is 80.4 cm³/mol. The smallest absolute Gasteiger partial charge is 0.0213 e. The predicted octanol–water partition coefficient (Wildman–Crippen LogP) is 5.75. The van der Waals surface area contributed by atoms with Crippen LogP contribution in [0, 0.1) is 0 Å². The van der Waals surface area contributed by atoms with E-state index in [4.69, 9.17) is 0 Å². The van der Waals surface area contributed by atoms with E-state index >= 15 is 0 Å². The molecule has 17 heavy (non-hydrogen) atoms. The summed E-state index contributed by atoms with van der Waals surface area (Å²) >= 11 is 7.29. The lowest BCUT2D eigenvalue weighted by Gasteiger charge is -2.18. The van der Waals surface area contributed by atoms with Crippen LogP contribution in [0.1, 0.15) is 30.4 Å². The molecule has 0 fully saturated rings. The summed E-state index contributed by atoms with van der Waals surface area (Å²) in [6, 6.07) is 16.9. The molecule has 0 radical (unpaired) electrons. The van der Waals surface area contributed by atoms with Crippen molar-refractivity contribution in [2.75, 3.05) is 0 Å². The largest absolute Gasteiger partial charge is 0.0645 e. The van der Waals surface area contributed by atoms with Crippen molar-refractivity contribution in [3.63, 3.8) is 0 Å². The summed E-state index contributed by atoms with van der Waals surface area (Å²) in [5.41, 5.74) is 2.70. The number of rotatable bonds is 3. The SMILES string of the molecule is CCC(c1ccccc1Br)c1ccccc1Br. The van der Waals surface area contributed by atoms with Crippen LogP contribution in [0.3, 0.4) is 0 Å². The van der Waals surface area contributed by atoms with Crippen LogP contribution in [0.15, 0.2) is 57.5 Å². The van der Waals surface area contributed by atoms with Crippen LogP contribution in [0.25, 0.3) is 0 Å². The lowest BCUT2D eigenvalue weighted by atomic mass is 9.89. The summed E-state index contributed by atoms with van der Waals surface area (Å²) in [4.78, 5) is 0. The van der Waals surface area contributed by atoms with E-state index in [9.17, 15) is 0 Å². The first-order valence-corrected chi connectivity index (χ1v) is 7.31. The molecule has 0 aliphatic carbocycles. The van der Waals surface area contributed by atoms with Crippen molar-refractivity contribution in [2.24, 2.45) is 0 Å². The summed E-state index contributed by atoms with van der Waals surface area (Å²) in [5, 5.41) is 0. The molecule has 0 spiro atoms. The van der Waals surface area contributed by atoms with Gasteiger partial charge in [0, 0.05) is 14.9 Å². The van der Waals surface area contributed by atoms with Crippen molar-refractivity contribution in [2.45, 2.75) is 19.3 Å². The molecule has 0 unspecified atom stereocenters. The van der Waals surface area contributed by atoms with Gasteiger partial charge in [0.25, 0.3) is 0 Å². The molecule has 0 bridgehead atoms. The maximum atomic E-state index is 3.64. The van der Waals surface area contributed by atoms with Crippen LogP contribution in [0.4, 0.5) is 0 Å². The highest BCUT2D eigenvalue weighted by Crippen LogP contribution is 2.36. The minimum atomic E-state index is 0.432. The lowest BCUT2D eigenvalue weighted by molar-refractivity contribution is 0.770. The van der Waals surface area contributed by atoms with Crippen molar-refractivity contribution < 1.29 is 0 Å². The Morgan fingerprint density at radius 1 is 0.824 bits per heavy atom. The maximum Gasteiger partial charge on any atom is 0.0213 e. The highest BCUT2D eigenvalue weighted by Gasteiger charge is 2.16. The molecule has 0 atom stereocenters. The van der Waals surface area contributed by atoms with Crippen molar-refractivity contribution in [3.8, 4) is 0 Å². The quantitative estimate of drug-likeness (QED) is 0.658. The van der Waals surface area contributed by atoms with E-state index in [1.807, 2.05) is 0 Å². The molecule has 0 nitrogen and oxygen atoms in total. The van der Waals surface area contributed by atoms with Gasteiger partial charge in [0.15, 0.2) is 0 Å². The van der Waals surface area contributed by atoms with Crippen LogP contribution in [0.2, 0.25) is 0 Å². The van der Waals surface area contributed by atoms with Crippen LogP contribution >= 0.6 is 31.9 Å². The van der Waals surface area contributed by atoms with E-state index in [-0.39, 0.29) is 0 Å². The summed E-state index contributed by atoms with van der Waals surface area (Å²) in [5.74, 6) is 0.432. The average molecular weight is 354 g/mol. The minimum Gasteiger partial charge on any atom is -0.0645 e. The molecule has 0 aliphatic rings. The van der Waals surface area contributed by atoms with Gasteiger partial charge in [-0.25, -0.2) is 0 Å². The van der Waals surface area contributed by atoms with E-state index in [1.54, 1.807) is 0 Å². The van der Waals surface area contributed by atoms with Gasteiger partial charge < -0.3 is 0 Å². The van der Waals surface area contributed by atoms with Gasteiger partial charge in [-0.15, -0.1) is 0 Å². The molecule has 0 amide bonds. The number of hydrogen-bond acceptors (Lipinski definition) is 0. The van der Waals surface area contributed by atoms with Crippen LogP contribution in [-0.4, -0.2) is 0 Å². The normalized spacial score (nSPS) is 10.8. The Morgan fingerprint density at radius 3 is 1.59 bits per heavy atom. The number of benzene rings is 2. The Hall–Kier alpha value is -0.600. The van der Waals surface area contributed by atoms with Crippen molar-refractivity contribution in [1.29, 1.82) is 0 Å². The van der Waals surface area contributed by atoms with Gasteiger partial charge in [-0.3, -0.25) is 0 Å². The second-order valence-corrected chi connectivity index (χ2v) is 5.71. The fourth-order valence-corrected chi connectivity index (χ4v) is 3.24. The molecule has 0 saturated heterocycles. The third kappa shape index (κ3) is 2.80. The average Bonchev–Trinajstić information content (AvgIpc) is 2.34. The molecule has 2 rings (SSSR count). The molecular formula is C15H14Br2. The van der Waals surface area contributed by atoms with Gasteiger partial charge in [0.2, 0.25) is 0 Å². The summed E-state index contributed by atoms with van der Waals surface area (Å²) in [7, 11) is 0. The van der Waals surface area contributed by atoms with Gasteiger partial charge in [-0.05, 0) is 29.7 Å². The van der Waals surface area contributed by atoms with Gasteiger partial charge in [-0.1, -0.05) is 75.2 Å². The van der Waals surface area contributed by atoms with Crippen molar-refractivity contribution in [1.82, 2.24) is 0 Å². The van der Waals surface area contributed by atoms with Gasteiger partial charge >= 0.3 is 0 Å². The van der Waals surface area contributed by atoms with E-state index in [2.05, 4.69) is 87.3 Å². The third-order valence-corrected chi connectivity index (χ3v) is 4.41. The summed E-state index contributed by atoms with van der Waals surface area (Å²) in [6.45, 7) is 2.23. The highest BCUT2D eigenvalue weighted by atomic mass is 79.9. The molecular weight excluding hydrogens is 340 g/mol. The van der Waals surface area contributed by atoms with E-state index < -0.39 is 0 Å². The minimum absolute atomic E-state index is 0.432. The Balaban J connectivity index is 2.48. The zero-order valence-corrected chi connectivity index (χ0v) is 12.8. The second-order valence-electron chi connectivity index (χ2n) is 4.00. The lowest BCUT2D eigenvalue weighted by Crippen LogP contribution is -2.01. The van der Waals surface area contributed by atoms with Gasteiger partial charge in [-0.2, -0.15) is 0 Å². The molecule has 2 aromatic rings. The topological polar surface area (TPSA) is 0 Å². The Morgan fingerprint density at radius 2 is 1.24 bits per heavy atom. The van der Waals surface area contributed by atoms with Crippen molar-refractivity contribution >= 4 is 31.9 Å². The molecule has 0 N–H and O–H groups in total. The van der Waals surface area contributed by atoms with Gasteiger partial charge in [0.05, 0.1) is 0 Å². The molecule has 2 heteroatoms. The first-order valence-electron chi connectivity index (χ1n) is 5.73. The maximum absolute atomic E-state index is 3.64. The highest BCUT2D eigenvalue weighted by molar-refractivity contribution is 9.10. The molecule has 2 aromatic carbocycles. The fraction of sp³-hybridized carbons (Fsp3) is 0.200. The van der Waals surface area contributed by atoms with Gasteiger partial charge in [0.1, 0.15) is 0 Å². The zero-order valence-electron chi connectivity index (χ0n) is 9.66. The molecule has 88 valence electrons. The Kier molecular flexibility index (Phi) is 4.41. The number of halogens is 2. The number of hydrogen-bond donors (Lipinski definition) is 0. The molecule has 0 aliphatic heterocycles. The third-order valence-electron chi connectivity index (χ3n) is 2.97. The Bertz CT molecular complexity index is 460. The van der Waals surface area contributed by atoms with Crippen LogP contribution < -0.4 is 0 Å². The van der Waals surface area contributed by atoms with Crippen LogP contribution in [-0.2, 0) is 0 Å². The van der Waals surface area contributed by atoms with E-state index in [1.165, 1.54) is 20.1 Å². The van der Waals surface area contributed by atoms with E-state index in [0.717, 1.165) is 6.42 Å². The molecule has 0 aromatic heterocycles. The second kappa shape index (κ2) is 5.83. The zero-order chi connectivity index (χ0) is 12.3. The summed E-state index contributed by atoms with van der Waals surface area (Å²) in [6.07, 6.45) is 1.09. The first-order chi connectivity index (χ1) is 8.24. The molecule has 0 heterocycles. The van der Waals surface area contributed by atoms with Crippen LogP contribution in [0.5, 0.6) is 0 Å². The monoisotopic (exact) mass is 352 g/mol. The first kappa shape index (κ1) is 12.8. The standard InChI is InChI=1S/C15H14Br2/c1-2-11(12-7-3-5-9-14(12)16)13-8-4-6-10-15(13)17/h3-11H,2H2,1H3. The summed E-state index contributed by atoms with van der Waals surface area (Å²) < 4.78 is 2.37. The molecule has 0 saturated carbocycles. The fourth-order valence-electron chi connectivity index (χ4n) is 2.12.